The Morgan fingerprint density at radius 3 is 2.42 bits per heavy atom. The van der Waals surface area contributed by atoms with Crippen molar-refractivity contribution < 1.29 is 24.2 Å². The van der Waals surface area contributed by atoms with Crippen LogP contribution in [0.5, 0.6) is 11.5 Å². The fraction of sp³-hybridized carbons (Fsp3) is 0.385. The molecule has 0 spiro atoms. The maximum absolute atomic E-state index is 12.1. The number of rotatable bonds is 7. The lowest BCUT2D eigenvalue weighted by Crippen LogP contribution is -2.05. The molecule has 5 nitrogen and oxygen atoms in total. The van der Waals surface area contributed by atoms with Crippen LogP contribution < -0.4 is 9.47 Å². The van der Waals surface area contributed by atoms with Gasteiger partial charge in [-0.3, -0.25) is 9.59 Å². The first-order chi connectivity index (χ1) is 8.99. The minimum absolute atomic E-state index is 0.0260. The van der Waals surface area contributed by atoms with Crippen LogP contribution in [0.2, 0.25) is 0 Å². The topological polar surface area (TPSA) is 72.8 Å². The molecule has 0 aliphatic rings. The predicted octanol–water partition coefficient (Wildman–Crippen LogP) is 2.90. The normalized spacial score (nSPS) is 10.1. The lowest BCUT2D eigenvalue weighted by molar-refractivity contribution is -0.137. The molecule has 0 atom stereocenters. The van der Waals surface area contributed by atoms with Crippen LogP contribution in [0.3, 0.4) is 0 Å². The number of hydrogen-bond donors (Lipinski definition) is 1. The zero-order valence-corrected chi connectivity index (χ0v) is 12.3. The summed E-state index contributed by atoms with van der Waals surface area (Å²) in [6.07, 6.45) is 0.436. The number of carboxylic acid groups (broad SMARTS) is 1. The highest BCUT2D eigenvalue weighted by Crippen LogP contribution is 2.33. The van der Waals surface area contributed by atoms with Crippen molar-refractivity contribution in [2.75, 3.05) is 14.2 Å². The van der Waals surface area contributed by atoms with Crippen molar-refractivity contribution in [1.29, 1.82) is 0 Å². The summed E-state index contributed by atoms with van der Waals surface area (Å²) in [6.45, 7) is 0. The molecule has 0 saturated heterocycles. The van der Waals surface area contributed by atoms with Gasteiger partial charge in [0.05, 0.1) is 19.8 Å². The van der Waals surface area contributed by atoms with Crippen LogP contribution in [-0.4, -0.2) is 31.1 Å². The summed E-state index contributed by atoms with van der Waals surface area (Å²) >= 11 is 3.30. The highest BCUT2D eigenvalue weighted by Gasteiger charge is 2.18. The summed E-state index contributed by atoms with van der Waals surface area (Å²) in [5.41, 5.74) is 0.411. The highest BCUT2D eigenvalue weighted by molar-refractivity contribution is 9.10. The van der Waals surface area contributed by atoms with E-state index < -0.39 is 5.97 Å². The van der Waals surface area contributed by atoms with Crippen LogP contribution in [0.4, 0.5) is 0 Å². The smallest absolute Gasteiger partial charge is 0.303 e. The van der Waals surface area contributed by atoms with E-state index in [1.807, 2.05) is 0 Å². The van der Waals surface area contributed by atoms with Gasteiger partial charge in [0.15, 0.2) is 5.78 Å². The van der Waals surface area contributed by atoms with Crippen molar-refractivity contribution in [3.05, 3.63) is 22.2 Å². The molecule has 1 aromatic rings. The van der Waals surface area contributed by atoms with Gasteiger partial charge in [0.25, 0.3) is 0 Å². The Morgan fingerprint density at radius 1 is 1.21 bits per heavy atom. The number of carboxylic acids is 1. The zero-order valence-electron chi connectivity index (χ0n) is 10.7. The van der Waals surface area contributed by atoms with Crippen molar-refractivity contribution >= 4 is 27.7 Å². The summed E-state index contributed by atoms with van der Waals surface area (Å²) in [7, 11) is 2.99. The first-order valence-electron chi connectivity index (χ1n) is 5.66. The number of hydrogen-bond acceptors (Lipinski definition) is 4. The Bertz CT molecular complexity index is 484. The van der Waals surface area contributed by atoms with Crippen LogP contribution in [0.25, 0.3) is 0 Å². The molecule has 19 heavy (non-hydrogen) atoms. The lowest BCUT2D eigenvalue weighted by Gasteiger charge is -2.11. The van der Waals surface area contributed by atoms with Gasteiger partial charge in [-0.1, -0.05) is 0 Å². The Kier molecular flexibility index (Phi) is 5.82. The monoisotopic (exact) mass is 330 g/mol. The molecular weight excluding hydrogens is 316 g/mol. The Hall–Kier alpha value is -1.56. The number of halogens is 1. The molecule has 0 unspecified atom stereocenters. The molecule has 0 bridgehead atoms. The fourth-order valence-electron chi connectivity index (χ4n) is 1.63. The summed E-state index contributed by atoms with van der Waals surface area (Å²) in [4.78, 5) is 22.5. The third-order valence-electron chi connectivity index (χ3n) is 2.56. The van der Waals surface area contributed by atoms with E-state index in [1.165, 1.54) is 14.2 Å². The quantitative estimate of drug-likeness (QED) is 0.778. The van der Waals surface area contributed by atoms with E-state index >= 15 is 0 Å². The number of aliphatic carboxylic acids is 1. The van der Waals surface area contributed by atoms with Gasteiger partial charge in [0, 0.05) is 23.4 Å². The van der Waals surface area contributed by atoms with Gasteiger partial charge < -0.3 is 14.6 Å². The van der Waals surface area contributed by atoms with E-state index in [9.17, 15) is 9.59 Å². The molecule has 0 amide bonds. The van der Waals surface area contributed by atoms with Gasteiger partial charge in [0.2, 0.25) is 0 Å². The average Bonchev–Trinajstić information content (AvgIpc) is 2.36. The second kappa shape index (κ2) is 7.13. The third kappa shape index (κ3) is 4.24. The molecule has 0 saturated carbocycles. The maximum atomic E-state index is 12.1. The van der Waals surface area contributed by atoms with E-state index in [0.29, 0.717) is 28.0 Å². The zero-order chi connectivity index (χ0) is 14.4. The van der Waals surface area contributed by atoms with Gasteiger partial charge >= 0.3 is 5.97 Å². The first kappa shape index (κ1) is 15.5. The Labute approximate surface area is 119 Å². The Morgan fingerprint density at radius 2 is 1.89 bits per heavy atom. The number of Topliss-reactive ketones (excluding diaryl/α,β-unsaturated/α-hetero) is 1. The number of ether oxygens (including phenoxy) is 2. The van der Waals surface area contributed by atoms with Gasteiger partial charge in [0.1, 0.15) is 11.5 Å². The molecule has 6 heteroatoms. The molecular formula is C13H15BrO5. The van der Waals surface area contributed by atoms with Crippen molar-refractivity contribution in [2.24, 2.45) is 0 Å². The molecule has 0 aliphatic carbocycles. The number of methoxy groups -OCH3 is 2. The highest BCUT2D eigenvalue weighted by atomic mass is 79.9. The lowest BCUT2D eigenvalue weighted by atomic mass is 10.0. The summed E-state index contributed by atoms with van der Waals surface area (Å²) < 4.78 is 10.8. The number of carbonyl (C=O) groups is 2. The molecule has 0 fully saturated rings. The van der Waals surface area contributed by atoms with Gasteiger partial charge in [-0.2, -0.15) is 0 Å². The minimum atomic E-state index is -0.909. The molecule has 0 aromatic heterocycles. The van der Waals surface area contributed by atoms with E-state index in [1.54, 1.807) is 12.1 Å². The number of carbonyl (C=O) groups excluding carboxylic acids is 1. The molecule has 104 valence electrons. The van der Waals surface area contributed by atoms with Gasteiger partial charge in [-0.25, -0.2) is 0 Å². The van der Waals surface area contributed by atoms with E-state index in [0.717, 1.165) is 0 Å². The second-order valence-corrected chi connectivity index (χ2v) is 4.71. The van der Waals surface area contributed by atoms with E-state index in [2.05, 4.69) is 15.9 Å². The van der Waals surface area contributed by atoms with Crippen LogP contribution in [-0.2, 0) is 4.79 Å². The second-order valence-electron chi connectivity index (χ2n) is 3.86. The first-order valence-corrected chi connectivity index (χ1v) is 6.45. The molecule has 1 aromatic carbocycles. The van der Waals surface area contributed by atoms with E-state index in [4.69, 9.17) is 14.6 Å². The Balaban J connectivity index is 2.92. The van der Waals surface area contributed by atoms with Gasteiger partial charge in [-0.15, -0.1) is 0 Å². The van der Waals surface area contributed by atoms with Crippen molar-refractivity contribution in [3.8, 4) is 11.5 Å². The number of benzene rings is 1. The van der Waals surface area contributed by atoms with E-state index in [-0.39, 0.29) is 18.6 Å². The fourth-order valence-corrected chi connectivity index (χ4v) is 2.27. The van der Waals surface area contributed by atoms with Gasteiger partial charge in [-0.05, 0) is 28.4 Å². The molecule has 0 radical (unpaired) electrons. The standard InChI is InChI=1S/C13H15BrO5/c1-18-8-6-9(14)13(11(7-8)19-2)10(15)4-3-5-12(16)17/h6-7H,3-5H2,1-2H3,(H,16,17). The van der Waals surface area contributed by atoms with Crippen molar-refractivity contribution in [3.63, 3.8) is 0 Å². The predicted molar refractivity (Wildman–Crippen MR) is 73.1 cm³/mol. The molecule has 0 heterocycles. The number of ketones is 1. The van der Waals surface area contributed by atoms with Crippen LogP contribution in [0.1, 0.15) is 29.6 Å². The van der Waals surface area contributed by atoms with Crippen molar-refractivity contribution in [2.45, 2.75) is 19.3 Å². The SMILES string of the molecule is COc1cc(Br)c(C(=O)CCCC(=O)O)c(OC)c1. The van der Waals surface area contributed by atoms with Crippen LogP contribution in [0.15, 0.2) is 16.6 Å². The van der Waals surface area contributed by atoms with Crippen LogP contribution in [0, 0.1) is 0 Å². The average molecular weight is 331 g/mol. The molecule has 1 N–H and O–H groups in total. The molecule has 0 aliphatic heterocycles. The van der Waals surface area contributed by atoms with Crippen LogP contribution >= 0.6 is 15.9 Å². The third-order valence-corrected chi connectivity index (χ3v) is 3.18. The molecule has 1 rings (SSSR count). The summed E-state index contributed by atoms with van der Waals surface area (Å²) in [5.74, 6) is -0.0847. The van der Waals surface area contributed by atoms with Crippen molar-refractivity contribution in [1.82, 2.24) is 0 Å². The summed E-state index contributed by atoms with van der Waals surface area (Å²) in [6, 6.07) is 3.29. The summed E-state index contributed by atoms with van der Waals surface area (Å²) in [5, 5.41) is 8.56. The minimum Gasteiger partial charge on any atom is -0.497 e. The maximum Gasteiger partial charge on any atom is 0.303 e. The largest absolute Gasteiger partial charge is 0.497 e.